The van der Waals surface area contributed by atoms with Crippen molar-refractivity contribution in [3.63, 3.8) is 0 Å². The number of carbonyl (C=O) groups excluding carboxylic acids is 1. The molecule has 3 heterocycles. The molecule has 1 fully saturated rings. The molecule has 37 heavy (non-hydrogen) atoms. The van der Waals surface area contributed by atoms with E-state index in [0.717, 1.165) is 71.8 Å². The topological polar surface area (TPSA) is 66.3 Å². The molecule has 1 aliphatic rings. The molecular weight excluding hydrogens is 460 g/mol. The van der Waals surface area contributed by atoms with E-state index in [1.807, 2.05) is 35.0 Å². The molecule has 0 saturated carbocycles. The number of pyridine rings is 1. The first kappa shape index (κ1) is 25.0. The van der Waals surface area contributed by atoms with Crippen molar-refractivity contribution in [1.29, 1.82) is 0 Å². The van der Waals surface area contributed by atoms with Gasteiger partial charge in [-0.25, -0.2) is 9.67 Å². The van der Waals surface area contributed by atoms with Crippen molar-refractivity contribution in [1.82, 2.24) is 19.7 Å². The fourth-order valence-corrected chi connectivity index (χ4v) is 5.08. The highest BCUT2D eigenvalue weighted by molar-refractivity contribution is 6.13. The second-order valence-corrected chi connectivity index (χ2v) is 10.2. The molecule has 0 aliphatic carbocycles. The normalized spacial score (nSPS) is 14.5. The van der Waals surface area contributed by atoms with Gasteiger partial charge in [0.15, 0.2) is 5.65 Å². The number of nitrogens with one attached hydrogen (secondary N) is 1. The number of carbonyl (C=O) groups is 1. The number of aromatic nitrogens is 3. The predicted octanol–water partition coefficient (Wildman–Crippen LogP) is 5.69. The largest absolute Gasteiger partial charge is 0.369 e. The first-order chi connectivity index (χ1) is 17.9. The van der Waals surface area contributed by atoms with E-state index in [9.17, 15) is 4.79 Å². The number of likely N-dealkylation sites (N-methyl/N-ethyl adjacent to an activating group) is 1. The molecule has 0 atom stereocenters. The third-order valence-corrected chi connectivity index (χ3v) is 7.36. The molecule has 1 aliphatic heterocycles. The lowest BCUT2D eigenvalue weighted by Gasteiger charge is -2.35. The lowest BCUT2D eigenvalue weighted by molar-refractivity contribution is 0.102. The van der Waals surface area contributed by atoms with Gasteiger partial charge in [0, 0.05) is 49.2 Å². The van der Waals surface area contributed by atoms with Gasteiger partial charge < -0.3 is 15.1 Å². The van der Waals surface area contributed by atoms with Crippen molar-refractivity contribution < 1.29 is 4.79 Å². The lowest BCUT2D eigenvalue weighted by atomic mass is 10.0. The summed E-state index contributed by atoms with van der Waals surface area (Å²) in [6.07, 6.45) is 1.75. The van der Waals surface area contributed by atoms with E-state index in [2.05, 4.69) is 73.0 Å². The molecule has 1 saturated heterocycles. The average molecular weight is 497 g/mol. The van der Waals surface area contributed by atoms with Crippen LogP contribution in [0.25, 0.3) is 22.3 Å². The standard InChI is InChI=1S/C30H36N6O/c1-6-34-13-15-35(16-14-34)23-11-12-27(22(5)17-23)33-30(37)25-18-28(24-10-8-7-9-21(24)4)32-29-26(25)19-31-36(29)20(2)3/h7-12,17-20H,6,13-16H2,1-5H3,(H,33,37). The highest BCUT2D eigenvalue weighted by atomic mass is 16.1. The van der Waals surface area contributed by atoms with Crippen LogP contribution < -0.4 is 10.2 Å². The molecule has 2 aromatic heterocycles. The van der Waals surface area contributed by atoms with Crippen molar-refractivity contribution in [3.05, 3.63) is 71.4 Å². The zero-order valence-electron chi connectivity index (χ0n) is 22.5. The Balaban J connectivity index is 1.47. The van der Waals surface area contributed by atoms with Crippen molar-refractivity contribution >= 4 is 28.3 Å². The Bertz CT molecular complexity index is 1430. The van der Waals surface area contributed by atoms with E-state index in [0.29, 0.717) is 5.56 Å². The van der Waals surface area contributed by atoms with E-state index in [1.165, 1.54) is 5.69 Å². The molecule has 0 radical (unpaired) electrons. The Morgan fingerprint density at radius 1 is 1.00 bits per heavy atom. The number of benzene rings is 2. The molecule has 2 aromatic carbocycles. The third kappa shape index (κ3) is 4.96. The number of hydrogen-bond donors (Lipinski definition) is 1. The number of hydrogen-bond acceptors (Lipinski definition) is 5. The van der Waals surface area contributed by atoms with Crippen LogP contribution in [0, 0.1) is 13.8 Å². The maximum atomic E-state index is 13.7. The summed E-state index contributed by atoms with van der Waals surface area (Å²) in [6.45, 7) is 15.8. The lowest BCUT2D eigenvalue weighted by Crippen LogP contribution is -2.46. The first-order valence-electron chi connectivity index (χ1n) is 13.2. The molecule has 1 N–H and O–H groups in total. The Labute approximate surface area is 219 Å². The van der Waals surface area contributed by atoms with Gasteiger partial charge in [0.1, 0.15) is 0 Å². The molecule has 192 valence electrons. The minimum atomic E-state index is -0.155. The number of piperazine rings is 1. The highest BCUT2D eigenvalue weighted by Crippen LogP contribution is 2.30. The zero-order valence-corrected chi connectivity index (χ0v) is 22.5. The van der Waals surface area contributed by atoms with Crippen molar-refractivity contribution in [2.45, 2.75) is 40.7 Å². The Kier molecular flexibility index (Phi) is 6.98. The van der Waals surface area contributed by atoms with Crippen LogP contribution in [0.15, 0.2) is 54.7 Å². The van der Waals surface area contributed by atoms with Gasteiger partial charge in [-0.2, -0.15) is 5.10 Å². The van der Waals surface area contributed by atoms with E-state index < -0.39 is 0 Å². The number of rotatable bonds is 6. The Hall–Kier alpha value is -3.71. The molecule has 5 rings (SSSR count). The van der Waals surface area contributed by atoms with E-state index in [1.54, 1.807) is 6.20 Å². The SMILES string of the molecule is CCN1CCN(c2ccc(NC(=O)c3cc(-c4ccccc4C)nc4c3cnn4C(C)C)c(C)c2)CC1. The van der Waals surface area contributed by atoms with Crippen molar-refractivity contribution in [3.8, 4) is 11.3 Å². The van der Waals surface area contributed by atoms with Crippen LogP contribution in [0.2, 0.25) is 0 Å². The summed E-state index contributed by atoms with van der Waals surface area (Å²) in [5, 5.41) is 8.48. The number of anilines is 2. The van der Waals surface area contributed by atoms with Crippen LogP contribution in [0.5, 0.6) is 0 Å². The molecular formula is C30H36N6O. The van der Waals surface area contributed by atoms with Crippen LogP contribution >= 0.6 is 0 Å². The molecule has 0 bridgehead atoms. The molecule has 0 unspecified atom stereocenters. The maximum Gasteiger partial charge on any atom is 0.256 e. The van der Waals surface area contributed by atoms with Crippen LogP contribution in [-0.4, -0.2) is 58.3 Å². The fourth-order valence-electron chi connectivity index (χ4n) is 5.08. The van der Waals surface area contributed by atoms with Gasteiger partial charge in [0.2, 0.25) is 0 Å². The minimum absolute atomic E-state index is 0.127. The summed E-state index contributed by atoms with van der Waals surface area (Å²) in [5.74, 6) is -0.155. The minimum Gasteiger partial charge on any atom is -0.369 e. The van der Waals surface area contributed by atoms with Crippen LogP contribution in [-0.2, 0) is 0 Å². The van der Waals surface area contributed by atoms with Crippen LogP contribution in [0.3, 0.4) is 0 Å². The van der Waals surface area contributed by atoms with Gasteiger partial charge in [-0.3, -0.25) is 4.79 Å². The zero-order chi connectivity index (χ0) is 26.1. The summed E-state index contributed by atoms with van der Waals surface area (Å²) in [5.41, 5.74) is 7.27. The van der Waals surface area contributed by atoms with Crippen LogP contribution in [0.4, 0.5) is 11.4 Å². The van der Waals surface area contributed by atoms with E-state index in [-0.39, 0.29) is 11.9 Å². The van der Waals surface area contributed by atoms with Gasteiger partial charge >= 0.3 is 0 Å². The van der Waals surface area contributed by atoms with Crippen LogP contribution in [0.1, 0.15) is 48.3 Å². The number of amides is 1. The van der Waals surface area contributed by atoms with Crippen molar-refractivity contribution in [2.24, 2.45) is 0 Å². The predicted molar refractivity (Wildman–Crippen MR) is 152 cm³/mol. The van der Waals surface area contributed by atoms with Gasteiger partial charge in [-0.15, -0.1) is 0 Å². The first-order valence-corrected chi connectivity index (χ1v) is 13.2. The summed E-state index contributed by atoms with van der Waals surface area (Å²) < 4.78 is 1.88. The quantitative estimate of drug-likeness (QED) is 0.371. The maximum absolute atomic E-state index is 13.7. The fraction of sp³-hybridized carbons (Fsp3) is 0.367. The van der Waals surface area contributed by atoms with Crippen molar-refractivity contribution in [2.75, 3.05) is 42.9 Å². The molecule has 0 spiro atoms. The van der Waals surface area contributed by atoms with Gasteiger partial charge in [-0.05, 0) is 69.6 Å². The monoisotopic (exact) mass is 496 g/mol. The second kappa shape index (κ2) is 10.3. The van der Waals surface area contributed by atoms with Gasteiger partial charge in [-0.1, -0.05) is 31.2 Å². The number of nitrogens with zero attached hydrogens (tertiary/aromatic N) is 5. The molecule has 7 heteroatoms. The molecule has 4 aromatic rings. The molecule has 7 nitrogen and oxygen atoms in total. The summed E-state index contributed by atoms with van der Waals surface area (Å²) in [6, 6.07) is 16.5. The smallest absolute Gasteiger partial charge is 0.256 e. The van der Waals surface area contributed by atoms with E-state index >= 15 is 0 Å². The third-order valence-electron chi connectivity index (χ3n) is 7.36. The van der Waals surface area contributed by atoms with Gasteiger partial charge in [0.25, 0.3) is 5.91 Å². The Morgan fingerprint density at radius 2 is 1.76 bits per heavy atom. The number of aryl methyl sites for hydroxylation is 2. The van der Waals surface area contributed by atoms with E-state index in [4.69, 9.17) is 4.98 Å². The van der Waals surface area contributed by atoms with Gasteiger partial charge in [0.05, 0.1) is 22.8 Å². The Morgan fingerprint density at radius 3 is 2.43 bits per heavy atom. The highest BCUT2D eigenvalue weighted by Gasteiger charge is 2.21. The average Bonchev–Trinajstić information content (AvgIpc) is 3.34. The number of fused-ring (bicyclic) bond motifs is 1. The second-order valence-electron chi connectivity index (χ2n) is 10.2. The summed E-state index contributed by atoms with van der Waals surface area (Å²) in [4.78, 5) is 23.5. The summed E-state index contributed by atoms with van der Waals surface area (Å²) >= 11 is 0. The summed E-state index contributed by atoms with van der Waals surface area (Å²) in [7, 11) is 0. The molecule has 1 amide bonds.